The predicted octanol–water partition coefficient (Wildman–Crippen LogP) is 0.433. The third-order valence-electron chi connectivity index (χ3n) is 4.26. The molecule has 1 aliphatic carbocycles. The summed E-state index contributed by atoms with van der Waals surface area (Å²) in [4.78, 5) is 12.3. The van der Waals surface area contributed by atoms with Gasteiger partial charge in [-0.25, -0.2) is 9.36 Å². The van der Waals surface area contributed by atoms with Gasteiger partial charge in [0.2, 0.25) is 0 Å². The number of hydrogen-bond donors (Lipinski definition) is 1. The summed E-state index contributed by atoms with van der Waals surface area (Å²) in [5.41, 5.74) is 6.60. The molecule has 2 heterocycles. The molecule has 1 aliphatic rings. The highest BCUT2D eigenvalue weighted by Crippen LogP contribution is 2.25. The summed E-state index contributed by atoms with van der Waals surface area (Å²) in [6.07, 6.45) is 7.61. The molecule has 1 saturated carbocycles. The highest BCUT2D eigenvalue weighted by atomic mass is 16.1. The molecule has 7 heteroatoms. The summed E-state index contributed by atoms with van der Waals surface area (Å²) in [7, 11) is 1.74. The third-order valence-corrected chi connectivity index (χ3v) is 4.26. The van der Waals surface area contributed by atoms with Crippen LogP contribution in [0.4, 0.5) is 0 Å². The van der Waals surface area contributed by atoms with Gasteiger partial charge in [-0.3, -0.25) is 4.79 Å². The molecule has 108 valence electrons. The Balaban J connectivity index is 1.83. The van der Waals surface area contributed by atoms with Crippen LogP contribution in [-0.4, -0.2) is 30.8 Å². The van der Waals surface area contributed by atoms with Gasteiger partial charge in [0, 0.05) is 13.1 Å². The molecule has 2 aromatic rings. The lowest BCUT2D eigenvalue weighted by atomic mass is 9.84. The van der Waals surface area contributed by atoms with Crippen LogP contribution in [0.15, 0.2) is 11.0 Å². The van der Waals surface area contributed by atoms with Gasteiger partial charge in [0.1, 0.15) is 5.39 Å². The molecule has 0 radical (unpaired) electrons. The normalized spacial score (nSPS) is 18.5. The highest BCUT2D eigenvalue weighted by Gasteiger charge is 2.22. The van der Waals surface area contributed by atoms with E-state index in [1.807, 2.05) is 0 Å². The van der Waals surface area contributed by atoms with E-state index in [-0.39, 0.29) is 11.6 Å². The van der Waals surface area contributed by atoms with Crippen molar-refractivity contribution in [2.24, 2.45) is 18.7 Å². The van der Waals surface area contributed by atoms with Crippen molar-refractivity contribution < 1.29 is 0 Å². The summed E-state index contributed by atoms with van der Waals surface area (Å²) in [5, 5.41) is 12.6. The van der Waals surface area contributed by atoms with Crippen molar-refractivity contribution in [2.45, 2.75) is 44.7 Å². The largest absolute Gasteiger partial charge is 0.326 e. The van der Waals surface area contributed by atoms with Crippen LogP contribution in [0.25, 0.3) is 11.0 Å². The SMILES string of the molecule is Cn1ncc2c(=O)n(CC(N)C3CCCCC3)nnc21. The van der Waals surface area contributed by atoms with Gasteiger partial charge in [-0.2, -0.15) is 5.10 Å². The molecular weight excluding hydrogens is 256 g/mol. The average Bonchev–Trinajstić information content (AvgIpc) is 2.85. The topological polar surface area (TPSA) is 91.6 Å². The minimum atomic E-state index is -0.158. The molecule has 3 rings (SSSR count). The van der Waals surface area contributed by atoms with Crippen LogP contribution >= 0.6 is 0 Å². The number of rotatable bonds is 3. The Morgan fingerprint density at radius 3 is 2.90 bits per heavy atom. The van der Waals surface area contributed by atoms with E-state index in [1.165, 1.54) is 30.1 Å². The van der Waals surface area contributed by atoms with Gasteiger partial charge in [0.15, 0.2) is 5.65 Å². The molecule has 2 aromatic heterocycles. The zero-order valence-electron chi connectivity index (χ0n) is 11.7. The van der Waals surface area contributed by atoms with E-state index in [0.717, 1.165) is 12.8 Å². The standard InChI is InChI=1S/C13H20N6O/c1-18-12-10(7-15-18)13(20)19(17-16-12)8-11(14)9-5-3-2-4-6-9/h7,9,11H,2-6,8,14H2,1H3. The molecular formula is C13H20N6O. The van der Waals surface area contributed by atoms with Crippen molar-refractivity contribution in [1.82, 2.24) is 24.8 Å². The first-order chi connectivity index (χ1) is 9.66. The van der Waals surface area contributed by atoms with Gasteiger partial charge in [0.25, 0.3) is 5.56 Å². The first kappa shape index (κ1) is 13.2. The molecule has 0 bridgehead atoms. The Kier molecular flexibility index (Phi) is 3.52. The minimum Gasteiger partial charge on any atom is -0.326 e. The van der Waals surface area contributed by atoms with Crippen LogP contribution in [0.1, 0.15) is 32.1 Å². The number of hydrogen-bond acceptors (Lipinski definition) is 5. The fourth-order valence-electron chi connectivity index (χ4n) is 3.01. The van der Waals surface area contributed by atoms with E-state index in [0.29, 0.717) is 23.5 Å². The first-order valence-electron chi connectivity index (χ1n) is 7.18. The van der Waals surface area contributed by atoms with Crippen LogP contribution in [0.2, 0.25) is 0 Å². The quantitative estimate of drug-likeness (QED) is 0.878. The minimum absolute atomic E-state index is 0.0311. The zero-order valence-corrected chi connectivity index (χ0v) is 11.7. The summed E-state index contributed by atoms with van der Waals surface area (Å²) in [6.45, 7) is 0.432. The summed E-state index contributed by atoms with van der Waals surface area (Å²) in [6, 6.07) is -0.0311. The molecule has 0 spiro atoms. The lowest BCUT2D eigenvalue weighted by Gasteiger charge is -2.27. The number of aryl methyl sites for hydroxylation is 1. The fraction of sp³-hybridized carbons (Fsp3) is 0.692. The Bertz CT molecular complexity index is 654. The molecule has 0 aromatic carbocycles. The molecule has 7 nitrogen and oxygen atoms in total. The first-order valence-corrected chi connectivity index (χ1v) is 7.18. The summed E-state index contributed by atoms with van der Waals surface area (Å²) >= 11 is 0. The van der Waals surface area contributed by atoms with Crippen molar-refractivity contribution in [1.29, 1.82) is 0 Å². The Morgan fingerprint density at radius 1 is 1.40 bits per heavy atom. The van der Waals surface area contributed by atoms with Gasteiger partial charge >= 0.3 is 0 Å². The van der Waals surface area contributed by atoms with Crippen molar-refractivity contribution in [3.63, 3.8) is 0 Å². The molecule has 0 amide bonds. The predicted molar refractivity (Wildman–Crippen MR) is 75.1 cm³/mol. The maximum absolute atomic E-state index is 12.3. The van der Waals surface area contributed by atoms with E-state index in [2.05, 4.69) is 15.4 Å². The second-order valence-corrected chi connectivity index (χ2v) is 5.64. The molecule has 20 heavy (non-hydrogen) atoms. The van der Waals surface area contributed by atoms with Crippen LogP contribution in [0.5, 0.6) is 0 Å². The van der Waals surface area contributed by atoms with E-state index >= 15 is 0 Å². The zero-order chi connectivity index (χ0) is 14.1. The molecule has 0 saturated heterocycles. The van der Waals surface area contributed by atoms with E-state index in [1.54, 1.807) is 11.7 Å². The van der Waals surface area contributed by atoms with Crippen LogP contribution in [0, 0.1) is 5.92 Å². The van der Waals surface area contributed by atoms with Gasteiger partial charge in [-0.15, -0.1) is 5.10 Å². The highest BCUT2D eigenvalue weighted by molar-refractivity contribution is 5.72. The van der Waals surface area contributed by atoms with E-state index in [9.17, 15) is 4.79 Å². The Morgan fingerprint density at radius 2 is 2.15 bits per heavy atom. The average molecular weight is 276 g/mol. The molecule has 0 aliphatic heterocycles. The fourth-order valence-corrected chi connectivity index (χ4v) is 3.01. The van der Waals surface area contributed by atoms with Crippen LogP contribution in [-0.2, 0) is 13.6 Å². The summed E-state index contributed by atoms with van der Waals surface area (Å²) < 4.78 is 2.93. The van der Waals surface area contributed by atoms with Crippen molar-refractivity contribution in [2.75, 3.05) is 0 Å². The van der Waals surface area contributed by atoms with Crippen LogP contribution < -0.4 is 11.3 Å². The molecule has 1 fully saturated rings. The van der Waals surface area contributed by atoms with E-state index < -0.39 is 0 Å². The number of fused-ring (bicyclic) bond motifs is 1. The van der Waals surface area contributed by atoms with Crippen molar-refractivity contribution in [3.8, 4) is 0 Å². The lowest BCUT2D eigenvalue weighted by Crippen LogP contribution is -2.39. The monoisotopic (exact) mass is 276 g/mol. The third kappa shape index (κ3) is 2.33. The van der Waals surface area contributed by atoms with Gasteiger partial charge in [-0.05, 0) is 18.8 Å². The van der Waals surface area contributed by atoms with Gasteiger partial charge < -0.3 is 5.73 Å². The second kappa shape index (κ2) is 5.32. The van der Waals surface area contributed by atoms with Crippen molar-refractivity contribution >= 4 is 11.0 Å². The van der Waals surface area contributed by atoms with Crippen LogP contribution in [0.3, 0.4) is 0 Å². The van der Waals surface area contributed by atoms with E-state index in [4.69, 9.17) is 5.73 Å². The Hall–Kier alpha value is -1.76. The lowest BCUT2D eigenvalue weighted by molar-refractivity contribution is 0.275. The number of nitrogens with two attached hydrogens (primary N) is 1. The number of nitrogens with zero attached hydrogens (tertiary/aromatic N) is 5. The Labute approximate surface area is 116 Å². The molecule has 2 N–H and O–H groups in total. The maximum atomic E-state index is 12.3. The van der Waals surface area contributed by atoms with Gasteiger partial charge in [0.05, 0.1) is 12.7 Å². The molecule has 1 atom stereocenters. The molecule has 1 unspecified atom stereocenters. The van der Waals surface area contributed by atoms with Crippen molar-refractivity contribution in [3.05, 3.63) is 16.6 Å². The smallest absolute Gasteiger partial charge is 0.280 e. The maximum Gasteiger partial charge on any atom is 0.280 e. The van der Waals surface area contributed by atoms with Gasteiger partial charge in [-0.1, -0.05) is 24.5 Å². The number of aromatic nitrogens is 5. The second-order valence-electron chi connectivity index (χ2n) is 5.64. The summed E-state index contributed by atoms with van der Waals surface area (Å²) in [5.74, 6) is 0.488.